The summed E-state index contributed by atoms with van der Waals surface area (Å²) >= 11 is 1.88. The van der Waals surface area contributed by atoms with E-state index in [1.165, 1.54) is 18.9 Å². The average molecular weight is 212 g/mol. The van der Waals surface area contributed by atoms with E-state index in [1.807, 2.05) is 11.8 Å². The number of aromatic nitrogens is 1. The molecule has 4 heteroatoms. The largest absolute Gasteiger partial charge is 0.369 e. The molecule has 1 aliphatic rings. The third-order valence-electron chi connectivity index (χ3n) is 2.55. The van der Waals surface area contributed by atoms with Crippen molar-refractivity contribution in [2.75, 3.05) is 18.1 Å². The zero-order valence-corrected chi connectivity index (χ0v) is 8.90. The molecular weight excluding hydrogens is 199 g/mol. The van der Waals surface area contributed by atoms with Crippen molar-refractivity contribution in [3.8, 4) is 0 Å². The van der Waals surface area contributed by atoms with Gasteiger partial charge in [0.1, 0.15) is 5.82 Å². The summed E-state index contributed by atoms with van der Waals surface area (Å²) < 4.78 is 13.1. The van der Waals surface area contributed by atoms with E-state index < -0.39 is 5.95 Å². The van der Waals surface area contributed by atoms with Crippen LogP contribution in [0.2, 0.25) is 0 Å². The zero-order chi connectivity index (χ0) is 10.0. The van der Waals surface area contributed by atoms with Crippen LogP contribution in [-0.4, -0.2) is 22.5 Å². The maximum atomic E-state index is 12.7. The molecule has 0 amide bonds. The van der Waals surface area contributed by atoms with E-state index in [0.717, 1.165) is 6.54 Å². The summed E-state index contributed by atoms with van der Waals surface area (Å²) in [6, 6.07) is 4.81. The predicted octanol–water partition coefficient (Wildman–Crippen LogP) is 2.53. The van der Waals surface area contributed by atoms with Gasteiger partial charge in [0, 0.05) is 11.3 Å². The lowest BCUT2D eigenvalue weighted by atomic mass is 10.4. The van der Waals surface area contributed by atoms with Crippen LogP contribution in [0.25, 0.3) is 0 Å². The molecular formula is C10H13FN2S. The summed E-state index contributed by atoms with van der Waals surface area (Å²) in [6.45, 7) is 0.880. The fourth-order valence-electron chi connectivity index (χ4n) is 1.35. The highest BCUT2D eigenvalue weighted by atomic mass is 32.2. The molecule has 1 fully saturated rings. The highest BCUT2D eigenvalue weighted by molar-refractivity contribution is 8.00. The molecule has 2 rings (SSSR count). The maximum absolute atomic E-state index is 12.7. The first kappa shape index (κ1) is 9.77. The van der Waals surface area contributed by atoms with Gasteiger partial charge in [-0.2, -0.15) is 16.2 Å². The molecule has 0 bridgehead atoms. The average Bonchev–Trinajstić information content (AvgIpc) is 2.96. The molecule has 0 aliphatic heterocycles. The maximum Gasteiger partial charge on any atom is 0.214 e. The standard InChI is InChI=1S/C10H13FN2S/c1-14-10(5-6-10)7-12-9-4-2-3-8(11)13-9/h2-4H,5-7H2,1H3,(H,12,13). The van der Waals surface area contributed by atoms with E-state index in [9.17, 15) is 4.39 Å². The smallest absolute Gasteiger partial charge is 0.214 e. The molecule has 76 valence electrons. The van der Waals surface area contributed by atoms with Gasteiger partial charge >= 0.3 is 0 Å². The summed E-state index contributed by atoms with van der Waals surface area (Å²) in [5, 5.41) is 3.17. The number of hydrogen-bond donors (Lipinski definition) is 1. The molecule has 1 aromatic rings. The lowest BCUT2D eigenvalue weighted by Crippen LogP contribution is -2.18. The van der Waals surface area contributed by atoms with Crippen molar-refractivity contribution in [3.05, 3.63) is 24.1 Å². The summed E-state index contributed by atoms with van der Waals surface area (Å²) in [7, 11) is 0. The van der Waals surface area contributed by atoms with Crippen LogP contribution in [-0.2, 0) is 0 Å². The molecule has 0 aromatic carbocycles. The van der Waals surface area contributed by atoms with Gasteiger partial charge in [-0.3, -0.25) is 0 Å². The normalized spacial score (nSPS) is 17.9. The fourth-order valence-corrected chi connectivity index (χ4v) is 2.08. The van der Waals surface area contributed by atoms with Crippen LogP contribution in [0.3, 0.4) is 0 Å². The first-order valence-corrected chi connectivity index (χ1v) is 5.88. The summed E-state index contributed by atoms with van der Waals surface area (Å²) in [5.41, 5.74) is 0. The Morgan fingerprint density at radius 3 is 2.93 bits per heavy atom. The first-order valence-electron chi connectivity index (χ1n) is 4.66. The Kier molecular flexibility index (Phi) is 2.63. The second kappa shape index (κ2) is 3.77. The molecule has 0 unspecified atom stereocenters. The van der Waals surface area contributed by atoms with Crippen LogP contribution in [0.1, 0.15) is 12.8 Å². The molecule has 1 aliphatic carbocycles. The molecule has 2 nitrogen and oxygen atoms in total. The number of nitrogens with one attached hydrogen (secondary N) is 1. The monoisotopic (exact) mass is 212 g/mol. The highest BCUT2D eigenvalue weighted by Crippen LogP contribution is 2.46. The molecule has 0 radical (unpaired) electrons. The van der Waals surface area contributed by atoms with Crippen molar-refractivity contribution in [1.29, 1.82) is 0 Å². The number of hydrogen-bond acceptors (Lipinski definition) is 3. The Hall–Kier alpha value is -0.770. The van der Waals surface area contributed by atoms with Crippen LogP contribution in [0.4, 0.5) is 10.2 Å². The second-order valence-corrected chi connectivity index (χ2v) is 4.86. The Bertz CT molecular complexity index is 326. The zero-order valence-electron chi connectivity index (χ0n) is 8.09. The molecule has 14 heavy (non-hydrogen) atoms. The van der Waals surface area contributed by atoms with Gasteiger partial charge in [0.2, 0.25) is 5.95 Å². The second-order valence-electron chi connectivity index (χ2n) is 3.59. The van der Waals surface area contributed by atoms with Gasteiger partial charge in [-0.25, -0.2) is 4.98 Å². The van der Waals surface area contributed by atoms with Gasteiger partial charge in [0.05, 0.1) is 0 Å². The van der Waals surface area contributed by atoms with Crippen LogP contribution < -0.4 is 5.32 Å². The minimum Gasteiger partial charge on any atom is -0.369 e. The molecule has 0 atom stereocenters. The Labute approximate surface area is 87.3 Å². The Morgan fingerprint density at radius 2 is 2.36 bits per heavy atom. The number of thioether (sulfide) groups is 1. The minimum atomic E-state index is -0.427. The van der Waals surface area contributed by atoms with Gasteiger partial charge in [-0.15, -0.1) is 0 Å². The third kappa shape index (κ3) is 2.18. The van der Waals surface area contributed by atoms with Crippen molar-refractivity contribution in [3.63, 3.8) is 0 Å². The number of pyridine rings is 1. The summed E-state index contributed by atoms with van der Waals surface area (Å²) in [6.07, 6.45) is 4.61. The first-order chi connectivity index (χ1) is 6.74. The lowest BCUT2D eigenvalue weighted by molar-refractivity contribution is 0.585. The quantitative estimate of drug-likeness (QED) is 0.776. The Balaban J connectivity index is 1.92. The molecule has 1 saturated carbocycles. The summed E-state index contributed by atoms with van der Waals surface area (Å²) in [4.78, 5) is 3.75. The predicted molar refractivity (Wildman–Crippen MR) is 58.2 cm³/mol. The molecule has 0 spiro atoms. The van der Waals surface area contributed by atoms with Crippen molar-refractivity contribution in [1.82, 2.24) is 4.98 Å². The van der Waals surface area contributed by atoms with Gasteiger partial charge in [-0.05, 0) is 31.2 Å². The lowest BCUT2D eigenvalue weighted by Gasteiger charge is -2.13. The number of rotatable bonds is 4. The number of anilines is 1. The van der Waals surface area contributed by atoms with Crippen LogP contribution in [0.5, 0.6) is 0 Å². The Morgan fingerprint density at radius 1 is 1.57 bits per heavy atom. The number of nitrogens with zero attached hydrogens (tertiary/aromatic N) is 1. The number of halogens is 1. The van der Waals surface area contributed by atoms with Crippen LogP contribution in [0.15, 0.2) is 18.2 Å². The van der Waals surface area contributed by atoms with Crippen molar-refractivity contribution in [2.45, 2.75) is 17.6 Å². The SMILES string of the molecule is CSC1(CNc2cccc(F)n2)CC1. The van der Waals surface area contributed by atoms with E-state index in [0.29, 0.717) is 10.6 Å². The molecule has 1 heterocycles. The van der Waals surface area contributed by atoms with Gasteiger partial charge < -0.3 is 5.32 Å². The topological polar surface area (TPSA) is 24.9 Å². The third-order valence-corrected chi connectivity index (χ3v) is 3.97. The van der Waals surface area contributed by atoms with Gasteiger partial charge in [0.25, 0.3) is 0 Å². The molecule has 1 aromatic heterocycles. The summed E-state index contributed by atoms with van der Waals surface area (Å²) in [5.74, 6) is 0.203. The van der Waals surface area contributed by atoms with E-state index >= 15 is 0 Å². The molecule has 0 saturated heterocycles. The van der Waals surface area contributed by atoms with Crippen LogP contribution in [0, 0.1) is 5.95 Å². The minimum absolute atomic E-state index is 0.383. The van der Waals surface area contributed by atoms with Crippen LogP contribution >= 0.6 is 11.8 Å². The van der Waals surface area contributed by atoms with E-state index in [2.05, 4.69) is 16.6 Å². The van der Waals surface area contributed by atoms with E-state index in [4.69, 9.17) is 0 Å². The van der Waals surface area contributed by atoms with Crippen molar-refractivity contribution >= 4 is 17.6 Å². The van der Waals surface area contributed by atoms with E-state index in [1.54, 1.807) is 12.1 Å². The van der Waals surface area contributed by atoms with Gasteiger partial charge in [-0.1, -0.05) is 6.07 Å². The van der Waals surface area contributed by atoms with E-state index in [-0.39, 0.29) is 0 Å². The molecule has 1 N–H and O–H groups in total. The highest BCUT2D eigenvalue weighted by Gasteiger charge is 2.41. The van der Waals surface area contributed by atoms with Crippen molar-refractivity contribution in [2.24, 2.45) is 0 Å². The van der Waals surface area contributed by atoms with Gasteiger partial charge in [0.15, 0.2) is 0 Å². The van der Waals surface area contributed by atoms with Crippen molar-refractivity contribution < 1.29 is 4.39 Å². The fraction of sp³-hybridized carbons (Fsp3) is 0.500.